The predicted octanol–water partition coefficient (Wildman–Crippen LogP) is 2.05. The molecule has 17 heavy (non-hydrogen) atoms. The number of aryl methyl sites for hydroxylation is 1. The lowest BCUT2D eigenvalue weighted by Gasteiger charge is -2.34. The van der Waals surface area contributed by atoms with Gasteiger partial charge in [-0.3, -0.25) is 0 Å². The normalized spacial score (nSPS) is 20.1. The summed E-state index contributed by atoms with van der Waals surface area (Å²) >= 11 is 0. The van der Waals surface area contributed by atoms with E-state index in [4.69, 9.17) is 5.26 Å². The summed E-state index contributed by atoms with van der Waals surface area (Å²) in [6.07, 6.45) is 2.48. The highest BCUT2D eigenvalue weighted by molar-refractivity contribution is 5.53. The topological polar surface area (TPSA) is 39.1 Å². The zero-order chi connectivity index (χ0) is 12.3. The van der Waals surface area contributed by atoms with Gasteiger partial charge in [-0.2, -0.15) is 5.26 Å². The number of hydrogen-bond donors (Lipinski definition) is 1. The molecule has 0 spiro atoms. The second kappa shape index (κ2) is 5.20. The molecular formula is C14H19N3. The van der Waals surface area contributed by atoms with E-state index in [-0.39, 0.29) is 0 Å². The van der Waals surface area contributed by atoms with Gasteiger partial charge in [-0.25, -0.2) is 0 Å². The Kier molecular flexibility index (Phi) is 3.65. The number of anilines is 1. The van der Waals surface area contributed by atoms with Crippen molar-refractivity contribution >= 4 is 5.69 Å². The highest BCUT2D eigenvalue weighted by atomic mass is 15.2. The number of nitrogens with zero attached hydrogens (tertiary/aromatic N) is 2. The average molecular weight is 229 g/mol. The maximum Gasteiger partial charge on any atom is 0.0994 e. The summed E-state index contributed by atoms with van der Waals surface area (Å²) < 4.78 is 0. The van der Waals surface area contributed by atoms with Crippen LogP contribution in [0.4, 0.5) is 5.69 Å². The number of nitriles is 1. The van der Waals surface area contributed by atoms with Crippen LogP contribution in [0.5, 0.6) is 0 Å². The summed E-state index contributed by atoms with van der Waals surface area (Å²) in [6.45, 7) is 4.17. The fraction of sp³-hybridized carbons (Fsp3) is 0.500. The zero-order valence-electron chi connectivity index (χ0n) is 10.5. The lowest BCUT2D eigenvalue weighted by atomic mass is 10.0. The van der Waals surface area contributed by atoms with Gasteiger partial charge < -0.3 is 10.2 Å². The Bertz CT molecular complexity index is 434. The Labute approximate surface area is 103 Å². The molecule has 1 saturated heterocycles. The van der Waals surface area contributed by atoms with E-state index >= 15 is 0 Å². The van der Waals surface area contributed by atoms with Gasteiger partial charge in [0.1, 0.15) is 0 Å². The quantitative estimate of drug-likeness (QED) is 0.843. The van der Waals surface area contributed by atoms with Gasteiger partial charge in [-0.15, -0.1) is 0 Å². The monoisotopic (exact) mass is 229 g/mol. The summed E-state index contributed by atoms with van der Waals surface area (Å²) in [4.78, 5) is 2.40. The van der Waals surface area contributed by atoms with Crippen LogP contribution in [-0.4, -0.2) is 26.2 Å². The molecule has 1 aromatic rings. The number of nitrogens with one attached hydrogen (secondary N) is 1. The first kappa shape index (κ1) is 11.9. The van der Waals surface area contributed by atoms with Gasteiger partial charge in [-0.05, 0) is 50.6 Å². The van der Waals surface area contributed by atoms with E-state index in [0.29, 0.717) is 6.04 Å². The SMILES string of the molecule is CNC1CCCN(c2ccc(C#N)c(C)c2)C1. The highest BCUT2D eigenvalue weighted by Gasteiger charge is 2.18. The molecule has 0 aromatic heterocycles. The molecule has 0 bridgehead atoms. The molecule has 1 unspecified atom stereocenters. The number of benzene rings is 1. The molecular weight excluding hydrogens is 210 g/mol. The minimum absolute atomic E-state index is 0.583. The molecule has 1 aromatic carbocycles. The smallest absolute Gasteiger partial charge is 0.0994 e. The Balaban J connectivity index is 2.17. The van der Waals surface area contributed by atoms with E-state index in [1.165, 1.54) is 18.5 Å². The average Bonchev–Trinajstić information content (AvgIpc) is 2.38. The molecule has 3 nitrogen and oxygen atoms in total. The van der Waals surface area contributed by atoms with E-state index in [2.05, 4.69) is 28.4 Å². The zero-order valence-corrected chi connectivity index (χ0v) is 10.5. The van der Waals surface area contributed by atoms with Crippen LogP contribution in [0.25, 0.3) is 0 Å². The molecule has 0 amide bonds. The van der Waals surface area contributed by atoms with Crippen LogP contribution in [0.3, 0.4) is 0 Å². The van der Waals surface area contributed by atoms with Gasteiger partial charge in [0.15, 0.2) is 0 Å². The summed E-state index contributed by atoms with van der Waals surface area (Å²) in [5.74, 6) is 0. The Morgan fingerprint density at radius 1 is 1.47 bits per heavy atom. The molecule has 1 aliphatic rings. The predicted molar refractivity (Wildman–Crippen MR) is 70.2 cm³/mol. The van der Waals surface area contributed by atoms with Crippen molar-refractivity contribution in [2.45, 2.75) is 25.8 Å². The van der Waals surface area contributed by atoms with Gasteiger partial charge in [0.25, 0.3) is 0 Å². The van der Waals surface area contributed by atoms with Crippen LogP contribution in [0.15, 0.2) is 18.2 Å². The van der Waals surface area contributed by atoms with Crippen molar-refractivity contribution in [3.05, 3.63) is 29.3 Å². The third-order valence-electron chi connectivity index (χ3n) is 3.53. The molecule has 90 valence electrons. The second-order valence-electron chi connectivity index (χ2n) is 4.68. The molecule has 1 heterocycles. The summed E-state index contributed by atoms with van der Waals surface area (Å²) in [7, 11) is 2.03. The van der Waals surface area contributed by atoms with Crippen molar-refractivity contribution in [2.75, 3.05) is 25.0 Å². The molecule has 1 fully saturated rings. The second-order valence-corrected chi connectivity index (χ2v) is 4.68. The van der Waals surface area contributed by atoms with E-state index < -0.39 is 0 Å². The first-order valence-corrected chi connectivity index (χ1v) is 6.17. The first-order valence-electron chi connectivity index (χ1n) is 6.17. The first-order chi connectivity index (χ1) is 8.24. The fourth-order valence-corrected chi connectivity index (χ4v) is 2.42. The van der Waals surface area contributed by atoms with Gasteiger partial charge >= 0.3 is 0 Å². The summed E-state index contributed by atoms with van der Waals surface area (Å²) in [6, 6.07) is 8.90. The fourth-order valence-electron chi connectivity index (χ4n) is 2.42. The summed E-state index contributed by atoms with van der Waals surface area (Å²) in [5, 5.41) is 12.3. The van der Waals surface area contributed by atoms with Crippen molar-refractivity contribution in [1.29, 1.82) is 5.26 Å². The Morgan fingerprint density at radius 3 is 2.94 bits per heavy atom. The maximum atomic E-state index is 8.93. The third-order valence-corrected chi connectivity index (χ3v) is 3.53. The number of rotatable bonds is 2. The molecule has 0 radical (unpaired) electrons. The van der Waals surface area contributed by atoms with E-state index in [9.17, 15) is 0 Å². The van der Waals surface area contributed by atoms with Crippen molar-refractivity contribution in [2.24, 2.45) is 0 Å². The minimum atomic E-state index is 0.583. The lowest BCUT2D eigenvalue weighted by Crippen LogP contribution is -2.44. The number of likely N-dealkylation sites (N-methyl/N-ethyl adjacent to an activating group) is 1. The van der Waals surface area contributed by atoms with Crippen LogP contribution < -0.4 is 10.2 Å². The van der Waals surface area contributed by atoms with Crippen molar-refractivity contribution in [1.82, 2.24) is 5.32 Å². The maximum absolute atomic E-state index is 8.93. The summed E-state index contributed by atoms with van der Waals surface area (Å²) in [5.41, 5.74) is 3.08. The molecule has 1 atom stereocenters. The molecule has 0 saturated carbocycles. The largest absolute Gasteiger partial charge is 0.370 e. The molecule has 0 aliphatic carbocycles. The van der Waals surface area contributed by atoms with Crippen LogP contribution >= 0.6 is 0 Å². The molecule has 2 rings (SSSR count). The van der Waals surface area contributed by atoms with Crippen molar-refractivity contribution in [3.63, 3.8) is 0 Å². The van der Waals surface area contributed by atoms with Gasteiger partial charge in [0.05, 0.1) is 11.6 Å². The Morgan fingerprint density at radius 2 is 2.29 bits per heavy atom. The standard InChI is InChI=1S/C14H19N3/c1-11-8-14(6-5-12(11)9-15)17-7-3-4-13(10-17)16-2/h5-6,8,13,16H,3-4,7,10H2,1-2H3. The van der Waals surface area contributed by atoms with Gasteiger partial charge in [0.2, 0.25) is 0 Å². The third kappa shape index (κ3) is 2.59. The van der Waals surface area contributed by atoms with Crippen molar-refractivity contribution in [3.8, 4) is 6.07 Å². The van der Waals surface area contributed by atoms with E-state index in [1.807, 2.05) is 20.0 Å². The molecule has 1 N–H and O–H groups in total. The molecule has 1 aliphatic heterocycles. The number of hydrogen-bond acceptors (Lipinski definition) is 3. The Hall–Kier alpha value is -1.53. The van der Waals surface area contributed by atoms with Crippen LogP contribution in [0.1, 0.15) is 24.0 Å². The minimum Gasteiger partial charge on any atom is -0.370 e. The van der Waals surface area contributed by atoms with Crippen LogP contribution in [0.2, 0.25) is 0 Å². The lowest BCUT2D eigenvalue weighted by molar-refractivity contribution is 0.449. The van der Waals surface area contributed by atoms with E-state index in [1.54, 1.807) is 0 Å². The molecule has 3 heteroatoms. The van der Waals surface area contributed by atoms with Gasteiger partial charge in [-0.1, -0.05) is 0 Å². The van der Waals surface area contributed by atoms with Crippen LogP contribution in [0, 0.1) is 18.3 Å². The van der Waals surface area contributed by atoms with Crippen molar-refractivity contribution < 1.29 is 0 Å². The van der Waals surface area contributed by atoms with Crippen LogP contribution in [-0.2, 0) is 0 Å². The van der Waals surface area contributed by atoms with Gasteiger partial charge in [0, 0.05) is 24.8 Å². The highest BCUT2D eigenvalue weighted by Crippen LogP contribution is 2.22. The number of piperidine rings is 1. The van der Waals surface area contributed by atoms with E-state index in [0.717, 1.165) is 24.2 Å².